The minimum atomic E-state index is -10.7. The van der Waals surface area contributed by atoms with Gasteiger partial charge in [-0.3, -0.25) is 9.48 Å². The van der Waals surface area contributed by atoms with Gasteiger partial charge in [-0.2, -0.15) is 0 Å². The molecule has 2 fully saturated rings. The molecule has 0 N–H and O–H groups in total. The van der Waals surface area contributed by atoms with Crippen molar-refractivity contribution in [3.05, 3.63) is 10.4 Å². The Bertz CT molecular complexity index is 474. The average Bonchev–Trinajstić information content (AvgIpc) is 2.37. The molecule has 23 heavy (non-hydrogen) atoms. The molecule has 136 valence electrons. The summed E-state index contributed by atoms with van der Waals surface area (Å²) in [6.07, 6.45) is 1.72. The number of hydrogen-bond acceptors (Lipinski definition) is 3. The fourth-order valence-electron chi connectivity index (χ4n) is 1.81. The average molecular weight is 371 g/mol. The molecule has 0 aromatic rings. The zero-order valence-electron chi connectivity index (χ0n) is 11.9. The maximum absolute atomic E-state index is 10.7. The van der Waals surface area contributed by atoms with Crippen molar-refractivity contribution in [2.24, 2.45) is 5.11 Å². The smallest absolute Gasteiger partial charge is 0.234 e. The van der Waals surface area contributed by atoms with E-state index in [1.807, 2.05) is 0 Å². The SMILES string of the molecule is F[P-](F)(F)(F)(F)F.[N-]=[N+]=NC1C[N+](=CN2CCOCC2)CCO1. The Morgan fingerprint density at radius 2 is 1.70 bits per heavy atom. The summed E-state index contributed by atoms with van der Waals surface area (Å²) in [4.78, 5) is 4.99. The molecule has 2 rings (SSSR count). The third-order valence-electron chi connectivity index (χ3n) is 2.63. The van der Waals surface area contributed by atoms with Gasteiger partial charge in [0, 0.05) is 4.91 Å². The van der Waals surface area contributed by atoms with Gasteiger partial charge in [0.25, 0.3) is 0 Å². The summed E-state index contributed by atoms with van der Waals surface area (Å²) >= 11 is 0. The van der Waals surface area contributed by atoms with Gasteiger partial charge in [0.15, 0.2) is 6.23 Å². The van der Waals surface area contributed by atoms with Crippen LogP contribution >= 0.6 is 7.81 Å². The van der Waals surface area contributed by atoms with Gasteiger partial charge in [-0.05, 0) is 5.53 Å². The third kappa shape index (κ3) is 12.9. The van der Waals surface area contributed by atoms with E-state index in [0.717, 1.165) is 32.8 Å². The van der Waals surface area contributed by atoms with Gasteiger partial charge in [0.2, 0.25) is 6.34 Å². The van der Waals surface area contributed by atoms with Crippen LogP contribution in [-0.4, -0.2) is 68.0 Å². The molecule has 7 nitrogen and oxygen atoms in total. The van der Waals surface area contributed by atoms with Crippen LogP contribution in [0.2, 0.25) is 0 Å². The van der Waals surface area contributed by atoms with Crippen molar-refractivity contribution in [1.82, 2.24) is 4.90 Å². The van der Waals surface area contributed by atoms with Crippen LogP contribution in [0.4, 0.5) is 25.2 Å². The molecular weight excluding hydrogens is 355 g/mol. The van der Waals surface area contributed by atoms with E-state index in [4.69, 9.17) is 15.0 Å². The van der Waals surface area contributed by atoms with E-state index in [0.29, 0.717) is 13.2 Å². The van der Waals surface area contributed by atoms with E-state index in [2.05, 4.69) is 25.8 Å². The fourth-order valence-corrected chi connectivity index (χ4v) is 1.81. The second-order valence-corrected chi connectivity index (χ2v) is 6.66. The molecule has 0 aromatic heterocycles. The molecule has 14 heteroatoms. The molecule has 0 saturated carbocycles. The van der Waals surface area contributed by atoms with Crippen LogP contribution in [-0.2, 0) is 9.47 Å². The van der Waals surface area contributed by atoms with Crippen LogP contribution in [0, 0.1) is 0 Å². The Labute approximate surface area is 127 Å². The molecule has 0 aliphatic carbocycles. The monoisotopic (exact) mass is 371 g/mol. The number of morpholine rings is 2. The van der Waals surface area contributed by atoms with Crippen molar-refractivity contribution in [2.75, 3.05) is 46.0 Å². The van der Waals surface area contributed by atoms with Crippen LogP contribution in [0.25, 0.3) is 10.4 Å². The Kier molecular flexibility index (Phi) is 5.74. The second-order valence-electron chi connectivity index (χ2n) is 4.75. The molecule has 0 amide bonds. The predicted octanol–water partition coefficient (Wildman–Crippen LogP) is 3.41. The van der Waals surface area contributed by atoms with Gasteiger partial charge in [-0.1, -0.05) is 5.11 Å². The van der Waals surface area contributed by atoms with Gasteiger partial charge in [0.05, 0.1) is 19.8 Å². The molecule has 2 heterocycles. The van der Waals surface area contributed by atoms with Gasteiger partial charge in [0.1, 0.15) is 26.2 Å². The van der Waals surface area contributed by atoms with Crippen molar-refractivity contribution in [3.63, 3.8) is 0 Å². The van der Waals surface area contributed by atoms with Crippen LogP contribution in [0.5, 0.6) is 0 Å². The largest absolute Gasteiger partial charge is 0.373 e. The van der Waals surface area contributed by atoms with Crippen molar-refractivity contribution < 1.29 is 39.2 Å². The van der Waals surface area contributed by atoms with E-state index in [1.54, 1.807) is 0 Å². The Morgan fingerprint density at radius 3 is 2.22 bits per heavy atom. The molecule has 0 radical (unpaired) electrons. The first-order valence-corrected chi connectivity index (χ1v) is 8.49. The van der Waals surface area contributed by atoms with E-state index in [-0.39, 0.29) is 6.23 Å². The molecular formula is C9H16F6N5O2P. The number of hydrogen-bond donors (Lipinski definition) is 0. The standard InChI is InChI=1S/C9H16N5O2.F6P/c10-12-11-9-7-14(3-6-16-9)8-13-1-4-15-5-2-13;1-7(2,3,4,5)6/h8-9H,1-7H2;/q+1;-1. The Hall–Kier alpha value is -1.29. The summed E-state index contributed by atoms with van der Waals surface area (Å²) in [5, 5.41) is 3.58. The number of nitrogens with zero attached hydrogens (tertiary/aromatic N) is 5. The minimum absolute atomic E-state index is 0.365. The Morgan fingerprint density at radius 1 is 1.13 bits per heavy atom. The summed E-state index contributed by atoms with van der Waals surface area (Å²) in [7, 11) is -10.7. The van der Waals surface area contributed by atoms with Crippen LogP contribution in [0.1, 0.15) is 0 Å². The number of rotatable bonds is 2. The topological polar surface area (TPSA) is 73.5 Å². The van der Waals surface area contributed by atoms with Crippen LogP contribution < -0.4 is 0 Å². The third-order valence-corrected chi connectivity index (χ3v) is 2.63. The second kappa shape index (κ2) is 6.68. The van der Waals surface area contributed by atoms with Crippen molar-refractivity contribution >= 4 is 14.1 Å². The van der Waals surface area contributed by atoms with E-state index >= 15 is 0 Å². The first-order valence-electron chi connectivity index (χ1n) is 6.46. The molecule has 1 unspecified atom stereocenters. The Balaban J connectivity index is 0.000000322. The maximum Gasteiger partial charge on any atom is 0.234 e. The number of azide groups is 1. The van der Waals surface area contributed by atoms with Crippen molar-refractivity contribution in [2.45, 2.75) is 6.23 Å². The van der Waals surface area contributed by atoms with Crippen LogP contribution in [0.3, 0.4) is 0 Å². The summed E-state index contributed by atoms with van der Waals surface area (Å²) in [5.74, 6) is 0. The molecule has 2 aliphatic rings. The molecule has 0 spiro atoms. The summed E-state index contributed by atoms with van der Waals surface area (Å²) in [6.45, 7) is 5.47. The van der Waals surface area contributed by atoms with E-state index in [1.165, 1.54) is 0 Å². The first-order chi connectivity index (χ1) is 10.3. The first kappa shape index (κ1) is 19.8. The number of ether oxygens (including phenoxy) is 2. The minimum Gasteiger partial charge on any atom is -0.373 e. The van der Waals surface area contributed by atoms with E-state index in [9.17, 15) is 25.2 Å². The summed E-state index contributed by atoms with van der Waals surface area (Å²) in [6, 6.07) is 0. The molecule has 2 aliphatic heterocycles. The molecule has 2 saturated heterocycles. The van der Waals surface area contributed by atoms with Crippen LogP contribution in [0.15, 0.2) is 5.11 Å². The van der Waals surface area contributed by atoms with Gasteiger partial charge in [-0.15, -0.1) is 0 Å². The zero-order chi connectivity index (χ0) is 17.6. The predicted molar refractivity (Wildman–Crippen MR) is 70.9 cm³/mol. The molecule has 0 bridgehead atoms. The molecule has 0 aromatic carbocycles. The normalized spacial score (nSPS) is 27.1. The molecule has 1 atom stereocenters. The summed E-state index contributed by atoms with van der Waals surface area (Å²) in [5.41, 5.74) is 8.35. The maximum atomic E-state index is 9.87. The van der Waals surface area contributed by atoms with E-state index < -0.39 is 7.81 Å². The van der Waals surface area contributed by atoms with Crippen molar-refractivity contribution in [1.29, 1.82) is 0 Å². The zero-order valence-corrected chi connectivity index (χ0v) is 12.8. The fraction of sp³-hybridized carbons (Fsp3) is 0.889. The van der Waals surface area contributed by atoms with Gasteiger partial charge < -0.3 is 9.47 Å². The van der Waals surface area contributed by atoms with Gasteiger partial charge >= 0.3 is 33.0 Å². The number of halogens is 6. The van der Waals surface area contributed by atoms with Gasteiger partial charge in [-0.25, -0.2) is 0 Å². The quantitative estimate of drug-likeness (QED) is 0.142. The summed E-state index contributed by atoms with van der Waals surface area (Å²) < 4.78 is 71.9. The van der Waals surface area contributed by atoms with Crippen molar-refractivity contribution in [3.8, 4) is 0 Å².